The molecule has 1 heterocycles. The summed E-state index contributed by atoms with van der Waals surface area (Å²) in [7, 11) is 1.63. The summed E-state index contributed by atoms with van der Waals surface area (Å²) in [6.45, 7) is 4.02. The van der Waals surface area contributed by atoms with Gasteiger partial charge in [0.1, 0.15) is 0 Å². The van der Waals surface area contributed by atoms with Gasteiger partial charge in [-0.15, -0.1) is 0 Å². The van der Waals surface area contributed by atoms with E-state index in [1.54, 1.807) is 7.05 Å². The third kappa shape index (κ3) is 1.25. The number of nitrogens with two attached hydrogens (primary N) is 1. The van der Waals surface area contributed by atoms with Crippen LogP contribution in [0.15, 0.2) is 4.79 Å². The average molecular weight is 167 g/mol. The summed E-state index contributed by atoms with van der Waals surface area (Å²) in [5.41, 5.74) is 7.77. The van der Waals surface area contributed by atoms with E-state index in [1.807, 2.05) is 13.8 Å². The summed E-state index contributed by atoms with van der Waals surface area (Å²) in [5.74, 6) is 0. The molecule has 0 aromatic carbocycles. The highest BCUT2D eigenvalue weighted by atomic mass is 16.1. The fourth-order valence-corrected chi connectivity index (χ4v) is 1.16. The van der Waals surface area contributed by atoms with Gasteiger partial charge in [-0.3, -0.25) is 4.79 Å². The smallest absolute Gasteiger partial charge is 0.271 e. The average Bonchev–Trinajstić information content (AvgIpc) is 2.02. The van der Waals surface area contributed by atoms with Crippen LogP contribution in [0.3, 0.4) is 0 Å². The van der Waals surface area contributed by atoms with Gasteiger partial charge in [-0.1, -0.05) is 0 Å². The largest absolute Gasteiger partial charge is 0.326 e. The van der Waals surface area contributed by atoms with Gasteiger partial charge in [-0.25, -0.2) is 4.68 Å². The molecule has 0 fully saturated rings. The van der Waals surface area contributed by atoms with Crippen LogP contribution in [0.5, 0.6) is 0 Å². The van der Waals surface area contributed by atoms with Gasteiger partial charge in [-0.2, -0.15) is 5.10 Å². The Hall–Kier alpha value is -1.16. The van der Waals surface area contributed by atoms with Crippen LogP contribution in [-0.4, -0.2) is 9.78 Å². The summed E-state index contributed by atoms with van der Waals surface area (Å²) < 4.78 is 1.32. The number of nitrogens with zero attached hydrogens (tertiary/aromatic N) is 2. The lowest BCUT2D eigenvalue weighted by molar-refractivity contribution is 0.672. The molecule has 0 aliphatic carbocycles. The SMILES string of the molecule is Cc1nn(C)c(=O)c(CN)c1C. The van der Waals surface area contributed by atoms with Crippen molar-refractivity contribution >= 4 is 0 Å². The van der Waals surface area contributed by atoms with Gasteiger partial charge >= 0.3 is 0 Å². The third-order valence-corrected chi connectivity index (χ3v) is 2.05. The number of hydrogen-bond donors (Lipinski definition) is 1. The van der Waals surface area contributed by atoms with E-state index in [0.717, 1.165) is 11.3 Å². The van der Waals surface area contributed by atoms with Crippen LogP contribution >= 0.6 is 0 Å². The van der Waals surface area contributed by atoms with E-state index in [2.05, 4.69) is 5.10 Å². The van der Waals surface area contributed by atoms with Crippen molar-refractivity contribution in [2.45, 2.75) is 20.4 Å². The Balaban J connectivity index is 3.53. The predicted octanol–water partition coefficient (Wildman–Crippen LogP) is -0.144. The van der Waals surface area contributed by atoms with E-state index in [0.29, 0.717) is 5.56 Å². The topological polar surface area (TPSA) is 60.9 Å². The van der Waals surface area contributed by atoms with Crippen LogP contribution in [0.25, 0.3) is 0 Å². The molecule has 0 saturated carbocycles. The lowest BCUT2D eigenvalue weighted by Crippen LogP contribution is -2.27. The van der Waals surface area contributed by atoms with Crippen molar-refractivity contribution in [1.82, 2.24) is 9.78 Å². The van der Waals surface area contributed by atoms with Crippen molar-refractivity contribution in [3.05, 3.63) is 27.2 Å². The highest BCUT2D eigenvalue weighted by Crippen LogP contribution is 2.03. The van der Waals surface area contributed by atoms with Crippen molar-refractivity contribution in [1.29, 1.82) is 0 Å². The standard InChI is InChI=1S/C8H13N3O/c1-5-6(2)10-11(3)8(12)7(5)4-9/h4,9H2,1-3H3. The minimum atomic E-state index is -0.0967. The van der Waals surface area contributed by atoms with Crippen LogP contribution in [0.1, 0.15) is 16.8 Å². The van der Waals surface area contributed by atoms with E-state index in [-0.39, 0.29) is 12.1 Å². The van der Waals surface area contributed by atoms with Gasteiger partial charge < -0.3 is 5.73 Å². The molecule has 4 nitrogen and oxygen atoms in total. The normalized spacial score (nSPS) is 10.3. The van der Waals surface area contributed by atoms with Crippen molar-refractivity contribution < 1.29 is 0 Å². The summed E-state index contributed by atoms with van der Waals surface area (Å²) in [4.78, 5) is 11.4. The van der Waals surface area contributed by atoms with E-state index >= 15 is 0 Å². The first-order chi connectivity index (χ1) is 5.57. The highest BCUT2D eigenvalue weighted by Gasteiger charge is 2.07. The first-order valence-electron chi connectivity index (χ1n) is 3.81. The summed E-state index contributed by atoms with van der Waals surface area (Å²) in [5, 5.41) is 4.03. The molecule has 0 radical (unpaired) electrons. The predicted molar refractivity (Wildman–Crippen MR) is 46.8 cm³/mol. The molecule has 0 bridgehead atoms. The zero-order chi connectivity index (χ0) is 9.30. The number of hydrogen-bond acceptors (Lipinski definition) is 3. The fourth-order valence-electron chi connectivity index (χ4n) is 1.16. The van der Waals surface area contributed by atoms with Gasteiger partial charge in [0.15, 0.2) is 0 Å². The Kier molecular flexibility index (Phi) is 2.28. The molecule has 0 aliphatic rings. The molecule has 12 heavy (non-hydrogen) atoms. The van der Waals surface area contributed by atoms with Gasteiger partial charge in [0.25, 0.3) is 5.56 Å². The van der Waals surface area contributed by atoms with Gasteiger partial charge in [0.2, 0.25) is 0 Å². The van der Waals surface area contributed by atoms with E-state index in [1.165, 1.54) is 4.68 Å². The fraction of sp³-hybridized carbons (Fsp3) is 0.500. The van der Waals surface area contributed by atoms with Crippen molar-refractivity contribution in [3.63, 3.8) is 0 Å². The number of aryl methyl sites for hydroxylation is 2. The maximum absolute atomic E-state index is 11.4. The molecule has 0 spiro atoms. The zero-order valence-corrected chi connectivity index (χ0v) is 7.59. The minimum absolute atomic E-state index is 0.0967. The van der Waals surface area contributed by atoms with E-state index < -0.39 is 0 Å². The molecule has 0 amide bonds. The van der Waals surface area contributed by atoms with Crippen molar-refractivity contribution in [2.24, 2.45) is 12.8 Å². The second-order valence-corrected chi connectivity index (χ2v) is 2.82. The number of rotatable bonds is 1. The Morgan fingerprint density at radius 1 is 1.50 bits per heavy atom. The molecule has 0 saturated heterocycles. The first-order valence-corrected chi connectivity index (χ1v) is 3.81. The quantitative estimate of drug-likeness (QED) is 0.633. The monoisotopic (exact) mass is 167 g/mol. The molecule has 66 valence electrons. The zero-order valence-electron chi connectivity index (χ0n) is 7.59. The molecule has 4 heteroatoms. The van der Waals surface area contributed by atoms with Crippen LogP contribution in [0.4, 0.5) is 0 Å². The van der Waals surface area contributed by atoms with Crippen LogP contribution < -0.4 is 11.3 Å². The van der Waals surface area contributed by atoms with E-state index in [9.17, 15) is 4.79 Å². The molecule has 0 aliphatic heterocycles. The lowest BCUT2D eigenvalue weighted by atomic mass is 10.1. The van der Waals surface area contributed by atoms with Crippen LogP contribution in [-0.2, 0) is 13.6 Å². The third-order valence-electron chi connectivity index (χ3n) is 2.05. The van der Waals surface area contributed by atoms with Crippen LogP contribution in [0.2, 0.25) is 0 Å². The Morgan fingerprint density at radius 3 is 2.58 bits per heavy atom. The van der Waals surface area contributed by atoms with Gasteiger partial charge in [0, 0.05) is 19.2 Å². The van der Waals surface area contributed by atoms with Crippen LogP contribution in [0, 0.1) is 13.8 Å². The molecule has 1 aromatic rings. The summed E-state index contributed by atoms with van der Waals surface area (Å²) >= 11 is 0. The first kappa shape index (κ1) is 8.93. The summed E-state index contributed by atoms with van der Waals surface area (Å²) in [6.07, 6.45) is 0. The minimum Gasteiger partial charge on any atom is -0.326 e. The second kappa shape index (κ2) is 3.06. The number of aromatic nitrogens is 2. The molecule has 0 atom stereocenters. The Bertz CT molecular complexity index is 354. The van der Waals surface area contributed by atoms with Gasteiger partial charge in [0.05, 0.1) is 5.69 Å². The molecule has 2 N–H and O–H groups in total. The maximum atomic E-state index is 11.4. The Labute approximate surface area is 71.0 Å². The molecular formula is C8H13N3O. The van der Waals surface area contributed by atoms with Gasteiger partial charge in [-0.05, 0) is 19.4 Å². The highest BCUT2D eigenvalue weighted by molar-refractivity contribution is 5.25. The summed E-state index contributed by atoms with van der Waals surface area (Å²) in [6, 6.07) is 0. The molecule has 0 unspecified atom stereocenters. The van der Waals surface area contributed by atoms with Crippen molar-refractivity contribution in [3.8, 4) is 0 Å². The van der Waals surface area contributed by atoms with Crippen molar-refractivity contribution in [2.75, 3.05) is 0 Å². The lowest BCUT2D eigenvalue weighted by Gasteiger charge is -2.06. The molecule has 1 aromatic heterocycles. The molecule has 1 rings (SSSR count). The molecular weight excluding hydrogens is 154 g/mol. The second-order valence-electron chi connectivity index (χ2n) is 2.82. The Morgan fingerprint density at radius 2 is 2.08 bits per heavy atom. The maximum Gasteiger partial charge on any atom is 0.271 e. The van der Waals surface area contributed by atoms with E-state index in [4.69, 9.17) is 5.73 Å².